The van der Waals surface area contributed by atoms with Crippen LogP contribution in [-0.2, 0) is 4.79 Å². The zero-order valence-corrected chi connectivity index (χ0v) is 10.1. The molecule has 0 aromatic heterocycles. The Labute approximate surface area is 109 Å². The number of urea groups is 1. The molecule has 2 rings (SSSR count). The molecule has 6 heteroatoms. The van der Waals surface area contributed by atoms with Gasteiger partial charge in [-0.1, -0.05) is 12.1 Å². The molecule has 3 N–H and O–H groups in total. The minimum atomic E-state index is -1.10. The van der Waals surface area contributed by atoms with Crippen LogP contribution >= 0.6 is 0 Å². The predicted octanol–water partition coefficient (Wildman–Crippen LogP) is 1.27. The fraction of sp³-hybridized carbons (Fsp3) is 0.154. The Morgan fingerprint density at radius 1 is 1.37 bits per heavy atom. The molecule has 0 saturated heterocycles. The first-order valence-electron chi connectivity index (χ1n) is 5.54. The van der Waals surface area contributed by atoms with Crippen molar-refractivity contribution in [3.63, 3.8) is 0 Å². The molecule has 6 nitrogen and oxygen atoms in total. The van der Waals surface area contributed by atoms with Crippen molar-refractivity contribution in [1.82, 2.24) is 10.6 Å². The van der Waals surface area contributed by atoms with Gasteiger partial charge in [0.1, 0.15) is 0 Å². The second-order valence-electron chi connectivity index (χ2n) is 4.11. The fourth-order valence-corrected chi connectivity index (χ4v) is 1.98. The Bertz CT molecular complexity index is 611. The summed E-state index contributed by atoms with van der Waals surface area (Å²) in [5.41, 5.74) is 1.49. The molecule has 0 bridgehead atoms. The topological polar surface area (TPSA) is 102 Å². The lowest BCUT2D eigenvalue weighted by molar-refractivity contribution is -0.133. The average molecular weight is 257 g/mol. The summed E-state index contributed by atoms with van der Waals surface area (Å²) in [5.74, 6) is -1.10. The number of nitrogens with one attached hydrogen (secondary N) is 2. The van der Waals surface area contributed by atoms with E-state index in [-0.39, 0.29) is 5.57 Å². The van der Waals surface area contributed by atoms with Gasteiger partial charge in [-0.3, -0.25) is 0 Å². The number of nitrogens with zero attached hydrogens (tertiary/aromatic N) is 1. The van der Waals surface area contributed by atoms with Crippen LogP contribution in [0.2, 0.25) is 0 Å². The largest absolute Gasteiger partial charge is 0.478 e. The molecule has 1 aliphatic heterocycles. The summed E-state index contributed by atoms with van der Waals surface area (Å²) in [5, 5.41) is 22.9. The second kappa shape index (κ2) is 4.82. The summed E-state index contributed by atoms with van der Waals surface area (Å²) in [6, 6.07) is 7.23. The summed E-state index contributed by atoms with van der Waals surface area (Å²) in [4.78, 5) is 22.7. The van der Waals surface area contributed by atoms with Crippen molar-refractivity contribution in [3.05, 3.63) is 46.7 Å². The van der Waals surface area contributed by atoms with Gasteiger partial charge >= 0.3 is 12.0 Å². The van der Waals surface area contributed by atoms with Crippen LogP contribution in [-0.4, -0.2) is 17.1 Å². The highest BCUT2D eigenvalue weighted by molar-refractivity contribution is 5.93. The van der Waals surface area contributed by atoms with E-state index in [4.69, 9.17) is 5.26 Å². The third-order valence-electron chi connectivity index (χ3n) is 2.87. The van der Waals surface area contributed by atoms with E-state index in [1.807, 2.05) is 6.07 Å². The Kier molecular flexibility index (Phi) is 3.21. The lowest BCUT2D eigenvalue weighted by atomic mass is 9.95. The predicted molar refractivity (Wildman–Crippen MR) is 65.9 cm³/mol. The molecule has 0 spiro atoms. The quantitative estimate of drug-likeness (QED) is 0.742. The summed E-state index contributed by atoms with van der Waals surface area (Å²) < 4.78 is 0. The third-order valence-corrected chi connectivity index (χ3v) is 2.87. The summed E-state index contributed by atoms with van der Waals surface area (Å²) in [6.45, 7) is 1.54. The van der Waals surface area contributed by atoms with E-state index < -0.39 is 18.0 Å². The van der Waals surface area contributed by atoms with Crippen LogP contribution in [0.1, 0.15) is 24.1 Å². The number of hydrogen-bond donors (Lipinski definition) is 3. The van der Waals surface area contributed by atoms with Gasteiger partial charge in [0.25, 0.3) is 0 Å². The van der Waals surface area contributed by atoms with Crippen molar-refractivity contribution in [1.29, 1.82) is 5.26 Å². The normalized spacial score (nSPS) is 18.3. The van der Waals surface area contributed by atoms with E-state index in [0.29, 0.717) is 16.8 Å². The van der Waals surface area contributed by atoms with Gasteiger partial charge in [-0.2, -0.15) is 5.26 Å². The van der Waals surface area contributed by atoms with Crippen LogP contribution in [0.4, 0.5) is 4.79 Å². The molecule has 1 unspecified atom stereocenters. The molecule has 0 radical (unpaired) electrons. The summed E-state index contributed by atoms with van der Waals surface area (Å²) >= 11 is 0. The molecule has 19 heavy (non-hydrogen) atoms. The van der Waals surface area contributed by atoms with Crippen molar-refractivity contribution in [3.8, 4) is 6.07 Å². The number of nitriles is 1. The third kappa shape index (κ3) is 2.40. The van der Waals surface area contributed by atoms with Crippen LogP contribution in [0.3, 0.4) is 0 Å². The van der Waals surface area contributed by atoms with Gasteiger partial charge in [-0.25, -0.2) is 9.59 Å². The lowest BCUT2D eigenvalue weighted by Crippen LogP contribution is -2.45. The standard InChI is InChI=1S/C13H11N3O3/c1-7-10(12(17)18)11(16-13(19)15-7)9-4-2-8(6-14)3-5-9/h2-5,11H,1H3,(H,17,18)(H2,15,16,19). The molecule has 2 amide bonds. The molecule has 1 atom stereocenters. The Hall–Kier alpha value is -2.81. The molecular weight excluding hydrogens is 246 g/mol. The molecule has 1 aliphatic rings. The van der Waals surface area contributed by atoms with E-state index >= 15 is 0 Å². The maximum atomic E-state index is 11.4. The highest BCUT2D eigenvalue weighted by atomic mass is 16.4. The maximum absolute atomic E-state index is 11.4. The second-order valence-corrected chi connectivity index (χ2v) is 4.11. The molecular formula is C13H11N3O3. The molecule has 0 saturated carbocycles. The van der Waals surface area contributed by atoms with Crippen molar-refractivity contribution in [2.45, 2.75) is 13.0 Å². The van der Waals surface area contributed by atoms with Crippen LogP contribution < -0.4 is 10.6 Å². The SMILES string of the molecule is CC1=C(C(=O)O)C(c2ccc(C#N)cc2)NC(=O)N1. The van der Waals surface area contributed by atoms with Gasteiger partial charge in [0.15, 0.2) is 0 Å². The Morgan fingerprint density at radius 2 is 2.00 bits per heavy atom. The zero-order valence-electron chi connectivity index (χ0n) is 10.1. The van der Waals surface area contributed by atoms with Crippen LogP contribution in [0.5, 0.6) is 0 Å². The molecule has 1 heterocycles. The number of carbonyl (C=O) groups is 2. The van der Waals surface area contributed by atoms with Gasteiger partial charge in [-0.05, 0) is 24.6 Å². The van der Waals surface area contributed by atoms with E-state index in [2.05, 4.69) is 10.6 Å². The zero-order chi connectivity index (χ0) is 14.0. The summed E-state index contributed by atoms with van der Waals surface area (Å²) in [7, 11) is 0. The van der Waals surface area contributed by atoms with Crippen LogP contribution in [0.25, 0.3) is 0 Å². The molecule has 1 aromatic rings. The number of amides is 2. The number of carboxylic acid groups (broad SMARTS) is 1. The first kappa shape index (κ1) is 12.6. The molecule has 0 aliphatic carbocycles. The first-order valence-corrected chi connectivity index (χ1v) is 5.54. The molecule has 1 aromatic carbocycles. The van der Waals surface area contributed by atoms with Crippen molar-refractivity contribution in [2.24, 2.45) is 0 Å². The van der Waals surface area contributed by atoms with E-state index in [1.54, 1.807) is 31.2 Å². The van der Waals surface area contributed by atoms with Crippen LogP contribution in [0, 0.1) is 11.3 Å². The molecule has 0 fully saturated rings. The van der Waals surface area contributed by atoms with E-state index in [0.717, 1.165) is 0 Å². The van der Waals surface area contributed by atoms with Gasteiger partial charge in [0.2, 0.25) is 0 Å². The Morgan fingerprint density at radius 3 is 2.53 bits per heavy atom. The van der Waals surface area contributed by atoms with Crippen molar-refractivity contribution >= 4 is 12.0 Å². The van der Waals surface area contributed by atoms with Crippen molar-refractivity contribution < 1.29 is 14.7 Å². The minimum absolute atomic E-state index is 0.0873. The van der Waals surface area contributed by atoms with E-state index in [1.165, 1.54) is 0 Å². The number of hydrogen-bond acceptors (Lipinski definition) is 3. The number of aliphatic carboxylic acids is 1. The summed E-state index contributed by atoms with van der Waals surface area (Å²) in [6.07, 6.45) is 0. The first-order chi connectivity index (χ1) is 9.02. The smallest absolute Gasteiger partial charge is 0.335 e. The highest BCUT2D eigenvalue weighted by Crippen LogP contribution is 2.26. The minimum Gasteiger partial charge on any atom is -0.478 e. The number of carboxylic acids is 1. The van der Waals surface area contributed by atoms with E-state index in [9.17, 15) is 14.7 Å². The van der Waals surface area contributed by atoms with Gasteiger partial charge in [0.05, 0.1) is 23.2 Å². The lowest BCUT2D eigenvalue weighted by Gasteiger charge is -2.27. The fourth-order valence-electron chi connectivity index (χ4n) is 1.98. The van der Waals surface area contributed by atoms with Crippen LogP contribution in [0.15, 0.2) is 35.5 Å². The van der Waals surface area contributed by atoms with Gasteiger partial charge < -0.3 is 15.7 Å². The number of allylic oxidation sites excluding steroid dienone is 1. The number of carbonyl (C=O) groups excluding carboxylic acids is 1. The maximum Gasteiger partial charge on any atom is 0.335 e. The average Bonchev–Trinajstić information content (AvgIpc) is 2.37. The van der Waals surface area contributed by atoms with Gasteiger partial charge in [-0.15, -0.1) is 0 Å². The number of rotatable bonds is 2. The number of benzene rings is 1. The monoisotopic (exact) mass is 257 g/mol. The van der Waals surface area contributed by atoms with Crippen molar-refractivity contribution in [2.75, 3.05) is 0 Å². The van der Waals surface area contributed by atoms with Gasteiger partial charge in [0, 0.05) is 5.70 Å². The highest BCUT2D eigenvalue weighted by Gasteiger charge is 2.30. The molecule has 96 valence electrons. The Balaban J connectivity index is 2.46.